The van der Waals surface area contributed by atoms with Crippen molar-refractivity contribution < 1.29 is 14.6 Å². The van der Waals surface area contributed by atoms with Crippen molar-refractivity contribution in [3.8, 4) is 6.01 Å². The smallest absolute Gasteiger partial charge is 0.321 e. The molecule has 1 aromatic carbocycles. The van der Waals surface area contributed by atoms with Gasteiger partial charge in [-0.2, -0.15) is 15.0 Å². The molecule has 3 heterocycles. The van der Waals surface area contributed by atoms with Gasteiger partial charge in [0.1, 0.15) is 6.61 Å². The molecule has 9 heteroatoms. The number of benzene rings is 1. The number of ether oxygens (including phenoxy) is 2. The Balaban J connectivity index is 1.54. The second kappa shape index (κ2) is 8.76. The fourth-order valence-electron chi connectivity index (χ4n) is 3.12. The third-order valence-corrected chi connectivity index (χ3v) is 4.61. The highest BCUT2D eigenvalue weighted by molar-refractivity contribution is 5.83. The van der Waals surface area contributed by atoms with Crippen molar-refractivity contribution >= 4 is 23.1 Å². The summed E-state index contributed by atoms with van der Waals surface area (Å²) >= 11 is 0. The Hall–Kier alpha value is -3.04. The van der Waals surface area contributed by atoms with Crippen LogP contribution in [0, 0.1) is 0 Å². The van der Waals surface area contributed by atoms with E-state index >= 15 is 0 Å². The van der Waals surface area contributed by atoms with Crippen molar-refractivity contribution in [2.45, 2.75) is 26.0 Å². The Kier molecular flexibility index (Phi) is 5.91. The fraction of sp³-hybridized carbons (Fsp3) is 0.429. The Morgan fingerprint density at radius 2 is 2.03 bits per heavy atom. The van der Waals surface area contributed by atoms with Crippen LogP contribution in [-0.2, 0) is 11.3 Å². The largest absolute Gasteiger partial charge is 0.460 e. The van der Waals surface area contributed by atoms with Gasteiger partial charge in [0.25, 0.3) is 0 Å². The lowest BCUT2D eigenvalue weighted by molar-refractivity contribution is 0.0249. The second-order valence-electron chi connectivity index (χ2n) is 7.81. The van der Waals surface area contributed by atoms with Gasteiger partial charge in [-0.3, -0.25) is 4.99 Å². The first-order chi connectivity index (χ1) is 14.5. The van der Waals surface area contributed by atoms with Crippen LogP contribution in [0.4, 0.5) is 5.95 Å². The van der Waals surface area contributed by atoms with Crippen molar-refractivity contribution in [1.82, 2.24) is 19.9 Å². The Morgan fingerprint density at radius 1 is 1.23 bits per heavy atom. The molecular formula is C21H26N6O3. The van der Waals surface area contributed by atoms with Gasteiger partial charge in [-0.15, -0.1) is 0 Å². The van der Waals surface area contributed by atoms with E-state index in [0.29, 0.717) is 44.6 Å². The number of morpholine rings is 1. The number of hydrogen-bond acceptors (Lipinski definition) is 8. The average Bonchev–Trinajstić information content (AvgIpc) is 3.16. The molecule has 2 aromatic heterocycles. The van der Waals surface area contributed by atoms with Crippen molar-refractivity contribution in [2.75, 3.05) is 37.8 Å². The van der Waals surface area contributed by atoms with Crippen molar-refractivity contribution in [2.24, 2.45) is 4.99 Å². The van der Waals surface area contributed by atoms with E-state index in [-0.39, 0.29) is 12.6 Å². The molecule has 9 nitrogen and oxygen atoms in total. The van der Waals surface area contributed by atoms with Gasteiger partial charge in [0.05, 0.1) is 31.6 Å². The highest BCUT2D eigenvalue weighted by atomic mass is 16.5. The van der Waals surface area contributed by atoms with Crippen LogP contribution < -0.4 is 9.64 Å². The maximum Gasteiger partial charge on any atom is 0.321 e. The number of fused-ring (bicyclic) bond motifs is 1. The van der Waals surface area contributed by atoms with Gasteiger partial charge in [-0.05, 0) is 25.5 Å². The Labute approximate surface area is 174 Å². The van der Waals surface area contributed by atoms with E-state index in [0.717, 1.165) is 16.5 Å². The molecule has 0 saturated carbocycles. The monoisotopic (exact) mass is 410 g/mol. The molecule has 0 amide bonds. The summed E-state index contributed by atoms with van der Waals surface area (Å²) < 4.78 is 11.0. The Bertz CT molecular complexity index is 1020. The van der Waals surface area contributed by atoms with Crippen LogP contribution in [0.25, 0.3) is 10.9 Å². The molecule has 4 rings (SSSR count). The SMILES string of the molecule is CC(C)(O)COc1nc(C=NCc2c[nH]c3ccccc23)nc(N2CCOCC2)n1. The van der Waals surface area contributed by atoms with E-state index in [1.807, 2.05) is 29.3 Å². The average molecular weight is 410 g/mol. The lowest BCUT2D eigenvalue weighted by Crippen LogP contribution is -2.37. The molecule has 3 aromatic rings. The minimum Gasteiger partial charge on any atom is -0.460 e. The van der Waals surface area contributed by atoms with Gasteiger partial charge in [0.2, 0.25) is 5.95 Å². The summed E-state index contributed by atoms with van der Waals surface area (Å²) in [5, 5.41) is 11.1. The number of aromatic amines is 1. The van der Waals surface area contributed by atoms with Crippen molar-refractivity contribution in [3.05, 3.63) is 41.9 Å². The lowest BCUT2D eigenvalue weighted by atomic mass is 10.2. The zero-order valence-corrected chi connectivity index (χ0v) is 17.2. The number of rotatable bonds is 7. The number of H-pyrrole nitrogens is 1. The second-order valence-corrected chi connectivity index (χ2v) is 7.81. The zero-order chi connectivity index (χ0) is 21.0. The predicted molar refractivity (Wildman–Crippen MR) is 114 cm³/mol. The molecule has 0 atom stereocenters. The topological polar surface area (TPSA) is 109 Å². The number of para-hydroxylation sites is 1. The van der Waals surface area contributed by atoms with Crippen LogP contribution >= 0.6 is 0 Å². The van der Waals surface area contributed by atoms with Gasteiger partial charge in [0, 0.05) is 30.2 Å². The normalized spacial score (nSPS) is 15.2. The van der Waals surface area contributed by atoms with E-state index in [9.17, 15) is 5.11 Å². The molecule has 0 aliphatic carbocycles. The molecule has 1 aliphatic heterocycles. The number of anilines is 1. The molecule has 1 saturated heterocycles. The summed E-state index contributed by atoms with van der Waals surface area (Å²) in [5.41, 5.74) is 1.19. The molecule has 30 heavy (non-hydrogen) atoms. The predicted octanol–water partition coefficient (Wildman–Crippen LogP) is 1.96. The first-order valence-corrected chi connectivity index (χ1v) is 9.97. The number of aliphatic hydroxyl groups is 1. The number of hydrogen-bond donors (Lipinski definition) is 2. The first-order valence-electron chi connectivity index (χ1n) is 9.97. The van der Waals surface area contributed by atoms with E-state index in [1.54, 1.807) is 20.1 Å². The van der Waals surface area contributed by atoms with E-state index < -0.39 is 5.60 Å². The first kappa shape index (κ1) is 20.2. The number of aliphatic imine (C=N–C) groups is 1. The third kappa shape index (κ3) is 5.11. The van der Waals surface area contributed by atoms with Gasteiger partial charge < -0.3 is 24.5 Å². The highest BCUT2D eigenvalue weighted by Crippen LogP contribution is 2.19. The summed E-state index contributed by atoms with van der Waals surface area (Å²) in [6.45, 7) is 6.54. The van der Waals surface area contributed by atoms with E-state index in [1.165, 1.54) is 0 Å². The molecule has 158 valence electrons. The van der Waals surface area contributed by atoms with E-state index in [2.05, 4.69) is 31.0 Å². The number of aromatic nitrogens is 4. The Morgan fingerprint density at radius 3 is 2.83 bits per heavy atom. The van der Waals surface area contributed by atoms with E-state index in [4.69, 9.17) is 9.47 Å². The summed E-state index contributed by atoms with van der Waals surface area (Å²) in [7, 11) is 0. The zero-order valence-electron chi connectivity index (χ0n) is 17.2. The quantitative estimate of drug-likeness (QED) is 0.573. The number of nitrogens with one attached hydrogen (secondary N) is 1. The minimum absolute atomic E-state index is 0.0749. The fourth-order valence-corrected chi connectivity index (χ4v) is 3.12. The molecule has 0 unspecified atom stereocenters. The maximum atomic E-state index is 9.95. The van der Waals surface area contributed by atoms with Gasteiger partial charge in [-0.1, -0.05) is 18.2 Å². The van der Waals surface area contributed by atoms with Crippen LogP contribution in [0.3, 0.4) is 0 Å². The molecule has 0 spiro atoms. The summed E-state index contributed by atoms with van der Waals surface area (Å²) in [5.74, 6) is 0.935. The molecule has 0 bridgehead atoms. The summed E-state index contributed by atoms with van der Waals surface area (Å²) in [4.78, 5) is 23.1. The lowest BCUT2D eigenvalue weighted by Gasteiger charge is -2.27. The van der Waals surface area contributed by atoms with Crippen LogP contribution in [0.15, 0.2) is 35.5 Å². The molecule has 1 fully saturated rings. The van der Waals surface area contributed by atoms with Gasteiger partial charge in [0.15, 0.2) is 5.82 Å². The number of nitrogens with zero attached hydrogens (tertiary/aromatic N) is 5. The van der Waals surface area contributed by atoms with Crippen LogP contribution in [-0.4, -0.2) is 69.8 Å². The molecule has 1 aliphatic rings. The van der Waals surface area contributed by atoms with Crippen LogP contribution in [0.1, 0.15) is 25.2 Å². The highest BCUT2D eigenvalue weighted by Gasteiger charge is 2.19. The summed E-state index contributed by atoms with van der Waals surface area (Å²) in [6.07, 6.45) is 3.59. The molecule has 2 N–H and O–H groups in total. The molecule has 0 radical (unpaired) electrons. The summed E-state index contributed by atoms with van der Waals surface area (Å²) in [6, 6.07) is 8.28. The minimum atomic E-state index is -0.991. The molecular weight excluding hydrogens is 384 g/mol. The standard InChI is InChI=1S/C21H26N6O3/c1-21(2,28)14-30-20-25-18(24-19(26-20)27-7-9-29-10-8-27)13-22-11-15-12-23-17-6-4-3-5-16(15)17/h3-6,12-13,23,28H,7-11,14H2,1-2H3. The maximum absolute atomic E-state index is 9.95. The van der Waals surface area contributed by atoms with Crippen molar-refractivity contribution in [3.63, 3.8) is 0 Å². The van der Waals surface area contributed by atoms with Gasteiger partial charge in [-0.25, -0.2) is 0 Å². The third-order valence-electron chi connectivity index (χ3n) is 4.61. The van der Waals surface area contributed by atoms with Crippen LogP contribution in [0.2, 0.25) is 0 Å². The van der Waals surface area contributed by atoms with Crippen molar-refractivity contribution in [1.29, 1.82) is 0 Å². The van der Waals surface area contributed by atoms with Gasteiger partial charge >= 0.3 is 6.01 Å². The van der Waals surface area contributed by atoms with Crippen LogP contribution in [0.5, 0.6) is 6.01 Å².